The molecule has 1 N–H and O–H groups in total. The zero-order valence-corrected chi connectivity index (χ0v) is 17.5. The molecule has 1 aliphatic rings. The highest BCUT2D eigenvalue weighted by Crippen LogP contribution is 2.39. The Hall–Kier alpha value is -2.85. The van der Waals surface area contributed by atoms with Crippen LogP contribution in [-0.4, -0.2) is 29.0 Å². The number of benzene rings is 1. The van der Waals surface area contributed by atoms with Gasteiger partial charge in [0, 0.05) is 11.1 Å². The highest BCUT2D eigenvalue weighted by atomic mass is 32.2. The molecule has 1 atom stereocenters. The monoisotopic (exact) mass is 409 g/mol. The maximum Gasteiger partial charge on any atom is 0.341 e. The Balaban J connectivity index is 1.64. The summed E-state index contributed by atoms with van der Waals surface area (Å²) in [6.45, 7) is 5.33. The molecule has 1 aromatic heterocycles. The van der Waals surface area contributed by atoms with Crippen LogP contribution in [0.1, 0.15) is 41.3 Å². The number of aromatic nitrogens is 1. The number of pyridine rings is 1. The Morgan fingerprint density at radius 3 is 2.72 bits per heavy atom. The minimum absolute atomic E-state index is 0.159. The molecular formula is C22H23N3O3S. The lowest BCUT2D eigenvalue weighted by molar-refractivity contribution is -0.125. The van der Waals surface area contributed by atoms with Crippen LogP contribution in [0.4, 0.5) is 0 Å². The summed E-state index contributed by atoms with van der Waals surface area (Å²) in [6, 6.07) is 11.5. The second-order valence-electron chi connectivity index (χ2n) is 7.42. The number of aryl methyl sites for hydroxylation is 2. The quantitative estimate of drug-likeness (QED) is 0.699. The van der Waals surface area contributed by atoms with Crippen molar-refractivity contribution in [2.75, 3.05) is 6.61 Å². The van der Waals surface area contributed by atoms with Gasteiger partial charge in [-0.05, 0) is 74.9 Å². The smallest absolute Gasteiger partial charge is 0.341 e. The average Bonchev–Trinajstić information content (AvgIpc) is 3.55. The Labute approximate surface area is 174 Å². The highest BCUT2D eigenvalue weighted by Gasteiger charge is 2.43. The van der Waals surface area contributed by atoms with Gasteiger partial charge in [-0.2, -0.15) is 5.26 Å². The van der Waals surface area contributed by atoms with Crippen molar-refractivity contribution in [3.8, 4) is 6.07 Å². The molecule has 3 rings (SSSR count). The SMILES string of the molecule is Cc1ccc(Sc2ncccc2C(=O)OCC(=O)N[C@@](C)(C#N)C2CC2)cc1C. The number of carbonyl (C=O) groups is 2. The van der Waals surface area contributed by atoms with E-state index in [1.54, 1.807) is 25.3 Å². The lowest BCUT2D eigenvalue weighted by Crippen LogP contribution is -2.48. The van der Waals surface area contributed by atoms with E-state index < -0.39 is 24.0 Å². The zero-order chi connectivity index (χ0) is 21.0. The molecule has 1 aromatic carbocycles. The first kappa shape index (κ1) is 20.9. The molecule has 0 unspecified atom stereocenters. The predicted octanol–water partition coefficient (Wildman–Crippen LogP) is 3.81. The van der Waals surface area contributed by atoms with Gasteiger partial charge in [0.1, 0.15) is 10.6 Å². The van der Waals surface area contributed by atoms with Crippen LogP contribution >= 0.6 is 11.8 Å². The molecule has 0 spiro atoms. The van der Waals surface area contributed by atoms with Gasteiger partial charge in [0.25, 0.3) is 5.91 Å². The number of nitriles is 1. The van der Waals surface area contributed by atoms with Crippen molar-refractivity contribution in [2.45, 2.75) is 49.1 Å². The summed E-state index contributed by atoms with van der Waals surface area (Å²) >= 11 is 1.37. The van der Waals surface area contributed by atoms with E-state index in [9.17, 15) is 14.9 Å². The topological polar surface area (TPSA) is 92.1 Å². The minimum Gasteiger partial charge on any atom is -0.452 e. The van der Waals surface area contributed by atoms with E-state index in [-0.39, 0.29) is 5.92 Å². The van der Waals surface area contributed by atoms with E-state index in [0.29, 0.717) is 10.6 Å². The van der Waals surface area contributed by atoms with Gasteiger partial charge < -0.3 is 10.1 Å². The Morgan fingerprint density at radius 1 is 1.31 bits per heavy atom. The lowest BCUT2D eigenvalue weighted by atomic mass is 9.98. The fourth-order valence-corrected chi connectivity index (χ4v) is 3.90. The van der Waals surface area contributed by atoms with Crippen LogP contribution in [0.5, 0.6) is 0 Å². The number of rotatable bonds is 7. The number of ether oxygens (including phenoxy) is 1. The number of amides is 1. The Bertz CT molecular complexity index is 982. The second kappa shape index (κ2) is 8.66. The number of nitrogens with one attached hydrogen (secondary N) is 1. The van der Waals surface area contributed by atoms with Crippen molar-refractivity contribution >= 4 is 23.6 Å². The van der Waals surface area contributed by atoms with Crippen molar-refractivity contribution in [3.05, 3.63) is 53.2 Å². The Kier molecular flexibility index (Phi) is 6.23. The fourth-order valence-electron chi connectivity index (χ4n) is 2.93. The summed E-state index contributed by atoms with van der Waals surface area (Å²) in [5.74, 6) is -0.947. The molecule has 6 nitrogen and oxygen atoms in total. The first-order valence-corrected chi connectivity index (χ1v) is 10.2. The molecular weight excluding hydrogens is 386 g/mol. The van der Waals surface area contributed by atoms with Crippen LogP contribution in [0.25, 0.3) is 0 Å². The van der Waals surface area contributed by atoms with E-state index in [1.165, 1.54) is 17.3 Å². The third-order valence-electron chi connectivity index (χ3n) is 5.04. The molecule has 1 fully saturated rings. The van der Waals surface area contributed by atoms with Gasteiger partial charge in [-0.15, -0.1) is 0 Å². The van der Waals surface area contributed by atoms with Crippen LogP contribution in [-0.2, 0) is 9.53 Å². The molecule has 150 valence electrons. The first-order valence-electron chi connectivity index (χ1n) is 9.42. The van der Waals surface area contributed by atoms with Crippen molar-refractivity contribution in [1.29, 1.82) is 5.26 Å². The molecule has 1 heterocycles. The maximum atomic E-state index is 12.5. The molecule has 7 heteroatoms. The molecule has 29 heavy (non-hydrogen) atoms. The van der Waals surface area contributed by atoms with E-state index in [0.717, 1.165) is 23.3 Å². The molecule has 0 bridgehead atoms. The summed E-state index contributed by atoms with van der Waals surface area (Å²) in [6.07, 6.45) is 3.44. The molecule has 2 aromatic rings. The van der Waals surface area contributed by atoms with Gasteiger partial charge in [-0.3, -0.25) is 4.79 Å². The maximum absolute atomic E-state index is 12.5. The average molecular weight is 410 g/mol. The number of carbonyl (C=O) groups excluding carboxylic acids is 2. The predicted molar refractivity (Wildman–Crippen MR) is 109 cm³/mol. The standard InChI is InChI=1S/C22H23N3O3S/c1-14-6-9-17(11-15(14)2)29-20-18(5-4-10-24-20)21(27)28-12-19(26)25-22(3,13-23)16-7-8-16/h4-6,9-11,16H,7-8,12H2,1-3H3,(H,25,26)/t22-/m0/s1. The molecule has 0 aliphatic heterocycles. The number of esters is 1. The second-order valence-corrected chi connectivity index (χ2v) is 8.48. The molecule has 1 amide bonds. The normalized spacial score (nSPS) is 15.1. The van der Waals surface area contributed by atoms with Gasteiger partial charge in [0.2, 0.25) is 0 Å². The highest BCUT2D eigenvalue weighted by molar-refractivity contribution is 7.99. The number of nitrogens with zero attached hydrogens (tertiary/aromatic N) is 2. The fraction of sp³-hybridized carbons (Fsp3) is 0.364. The van der Waals surface area contributed by atoms with Gasteiger partial charge >= 0.3 is 5.97 Å². The van der Waals surface area contributed by atoms with Crippen LogP contribution < -0.4 is 5.32 Å². The third-order valence-corrected chi connectivity index (χ3v) is 6.05. The van der Waals surface area contributed by atoms with Crippen molar-refractivity contribution in [1.82, 2.24) is 10.3 Å². The number of hydrogen-bond donors (Lipinski definition) is 1. The third kappa shape index (κ3) is 5.15. The minimum atomic E-state index is -0.915. The summed E-state index contributed by atoms with van der Waals surface area (Å²) < 4.78 is 5.19. The number of hydrogen-bond acceptors (Lipinski definition) is 6. The molecule has 1 aliphatic carbocycles. The largest absolute Gasteiger partial charge is 0.452 e. The summed E-state index contributed by atoms with van der Waals surface area (Å²) in [5.41, 5.74) is 1.73. The first-order chi connectivity index (χ1) is 13.8. The lowest BCUT2D eigenvalue weighted by Gasteiger charge is -2.22. The van der Waals surface area contributed by atoms with Crippen molar-refractivity contribution in [2.24, 2.45) is 5.92 Å². The van der Waals surface area contributed by atoms with Crippen LogP contribution in [0.2, 0.25) is 0 Å². The van der Waals surface area contributed by atoms with Crippen LogP contribution in [0.3, 0.4) is 0 Å². The molecule has 0 radical (unpaired) electrons. The van der Waals surface area contributed by atoms with Crippen LogP contribution in [0, 0.1) is 31.1 Å². The van der Waals surface area contributed by atoms with Crippen molar-refractivity contribution in [3.63, 3.8) is 0 Å². The summed E-state index contributed by atoms with van der Waals surface area (Å²) in [7, 11) is 0. The summed E-state index contributed by atoms with van der Waals surface area (Å²) in [4.78, 5) is 30.0. The van der Waals surface area contributed by atoms with E-state index in [2.05, 4.69) is 16.4 Å². The van der Waals surface area contributed by atoms with Gasteiger partial charge in [-0.1, -0.05) is 17.8 Å². The van der Waals surface area contributed by atoms with Gasteiger partial charge in [0.05, 0.1) is 11.6 Å². The zero-order valence-electron chi connectivity index (χ0n) is 16.7. The van der Waals surface area contributed by atoms with E-state index >= 15 is 0 Å². The van der Waals surface area contributed by atoms with Gasteiger partial charge in [0.15, 0.2) is 6.61 Å². The van der Waals surface area contributed by atoms with Crippen molar-refractivity contribution < 1.29 is 14.3 Å². The summed E-state index contributed by atoms with van der Waals surface area (Å²) in [5, 5.41) is 12.5. The van der Waals surface area contributed by atoms with Crippen LogP contribution in [0.15, 0.2) is 46.5 Å². The molecule has 0 saturated heterocycles. The van der Waals surface area contributed by atoms with E-state index in [4.69, 9.17) is 4.74 Å². The van der Waals surface area contributed by atoms with Gasteiger partial charge in [-0.25, -0.2) is 9.78 Å². The van der Waals surface area contributed by atoms with E-state index in [1.807, 2.05) is 32.0 Å². The Morgan fingerprint density at radius 2 is 2.07 bits per heavy atom. The molecule has 1 saturated carbocycles.